The lowest BCUT2D eigenvalue weighted by atomic mass is 9.91. The van der Waals surface area contributed by atoms with Crippen LogP contribution in [0.25, 0.3) is 0 Å². The van der Waals surface area contributed by atoms with Gasteiger partial charge >= 0.3 is 6.09 Å². The fourth-order valence-corrected chi connectivity index (χ4v) is 3.07. The lowest BCUT2D eigenvalue weighted by Crippen LogP contribution is -2.45. The van der Waals surface area contributed by atoms with Gasteiger partial charge in [-0.1, -0.05) is 6.92 Å². The number of anilines is 1. The number of carbonyl (C=O) groups is 1. The normalized spacial score (nSPS) is 20.9. The van der Waals surface area contributed by atoms with Crippen LogP contribution in [0.15, 0.2) is 18.3 Å². The van der Waals surface area contributed by atoms with E-state index in [-0.39, 0.29) is 6.09 Å². The molecule has 1 spiro atoms. The van der Waals surface area contributed by atoms with Crippen molar-refractivity contribution in [2.75, 3.05) is 11.4 Å². The van der Waals surface area contributed by atoms with Crippen molar-refractivity contribution in [1.82, 2.24) is 4.98 Å². The highest BCUT2D eigenvalue weighted by atomic mass is 16.6. The van der Waals surface area contributed by atoms with Crippen molar-refractivity contribution < 1.29 is 9.53 Å². The van der Waals surface area contributed by atoms with Crippen LogP contribution in [0.5, 0.6) is 0 Å². The van der Waals surface area contributed by atoms with E-state index in [0.717, 1.165) is 43.5 Å². The predicted octanol–water partition coefficient (Wildman–Crippen LogP) is 3.22. The van der Waals surface area contributed by atoms with E-state index in [4.69, 9.17) is 4.74 Å². The van der Waals surface area contributed by atoms with Crippen molar-refractivity contribution in [1.29, 1.82) is 0 Å². The SMILES string of the molecule is CCCN1C(=O)OC2(CCCC2)c2cccnc21. The van der Waals surface area contributed by atoms with Crippen LogP contribution in [0.2, 0.25) is 0 Å². The molecule has 3 rings (SSSR count). The number of aromatic nitrogens is 1. The molecule has 0 radical (unpaired) electrons. The van der Waals surface area contributed by atoms with Gasteiger partial charge in [-0.25, -0.2) is 9.78 Å². The number of hydrogen-bond donors (Lipinski definition) is 0. The van der Waals surface area contributed by atoms with Gasteiger partial charge in [0.05, 0.1) is 0 Å². The van der Waals surface area contributed by atoms with Crippen LogP contribution in [-0.2, 0) is 10.3 Å². The minimum absolute atomic E-state index is 0.232. The Morgan fingerprint density at radius 2 is 2.22 bits per heavy atom. The summed E-state index contributed by atoms with van der Waals surface area (Å²) in [5, 5.41) is 0. The summed E-state index contributed by atoms with van der Waals surface area (Å²) >= 11 is 0. The fourth-order valence-electron chi connectivity index (χ4n) is 3.07. The minimum atomic E-state index is -0.398. The molecule has 1 aliphatic carbocycles. The fraction of sp³-hybridized carbons (Fsp3) is 0.571. The Balaban J connectivity index is 2.08. The van der Waals surface area contributed by atoms with Crippen LogP contribution in [0.4, 0.5) is 10.6 Å². The number of hydrogen-bond acceptors (Lipinski definition) is 3. The maximum absolute atomic E-state index is 12.2. The third-order valence-corrected chi connectivity index (χ3v) is 3.89. The molecule has 0 aromatic carbocycles. The standard InChI is InChI=1S/C14H18N2O2/c1-2-10-16-12-11(6-5-9-15-12)14(18-13(16)17)7-3-4-8-14/h5-6,9H,2-4,7-8,10H2,1H3. The van der Waals surface area contributed by atoms with Crippen molar-refractivity contribution in [3.63, 3.8) is 0 Å². The van der Waals surface area contributed by atoms with Gasteiger partial charge in [0.2, 0.25) is 0 Å². The average molecular weight is 246 g/mol. The first-order valence-corrected chi connectivity index (χ1v) is 6.73. The Morgan fingerprint density at radius 3 is 2.94 bits per heavy atom. The molecule has 1 amide bonds. The van der Waals surface area contributed by atoms with Gasteiger partial charge in [0.25, 0.3) is 0 Å². The van der Waals surface area contributed by atoms with Gasteiger partial charge in [-0.05, 0) is 44.2 Å². The number of amides is 1. The summed E-state index contributed by atoms with van der Waals surface area (Å²) < 4.78 is 5.77. The molecule has 96 valence electrons. The first kappa shape index (κ1) is 11.5. The Labute approximate surface area is 107 Å². The molecule has 0 bridgehead atoms. The number of ether oxygens (including phenoxy) is 1. The maximum atomic E-state index is 12.2. The Morgan fingerprint density at radius 1 is 1.44 bits per heavy atom. The van der Waals surface area contributed by atoms with E-state index in [1.807, 2.05) is 6.07 Å². The second-order valence-corrected chi connectivity index (χ2v) is 5.10. The van der Waals surface area contributed by atoms with E-state index in [1.165, 1.54) is 0 Å². The largest absolute Gasteiger partial charge is 0.437 e. The summed E-state index contributed by atoms with van der Waals surface area (Å²) in [6.07, 6.45) is 6.52. The minimum Gasteiger partial charge on any atom is -0.437 e. The summed E-state index contributed by atoms with van der Waals surface area (Å²) in [5.74, 6) is 0.803. The van der Waals surface area contributed by atoms with Gasteiger partial charge in [-0.3, -0.25) is 4.90 Å². The molecule has 1 fully saturated rings. The first-order valence-electron chi connectivity index (χ1n) is 6.73. The maximum Gasteiger partial charge on any atom is 0.416 e. The average Bonchev–Trinajstić information content (AvgIpc) is 2.84. The highest BCUT2D eigenvalue weighted by molar-refractivity contribution is 5.90. The summed E-state index contributed by atoms with van der Waals surface area (Å²) in [6, 6.07) is 3.99. The van der Waals surface area contributed by atoms with Gasteiger partial charge in [0.1, 0.15) is 11.4 Å². The quantitative estimate of drug-likeness (QED) is 0.804. The Hall–Kier alpha value is -1.58. The smallest absolute Gasteiger partial charge is 0.416 e. The molecular formula is C14H18N2O2. The summed E-state index contributed by atoms with van der Waals surface area (Å²) in [4.78, 5) is 18.3. The lowest BCUT2D eigenvalue weighted by Gasteiger charge is -2.39. The number of rotatable bonds is 2. The highest BCUT2D eigenvalue weighted by Crippen LogP contribution is 2.48. The molecule has 4 nitrogen and oxygen atoms in total. The molecule has 2 aliphatic rings. The third-order valence-electron chi connectivity index (χ3n) is 3.89. The van der Waals surface area contributed by atoms with Gasteiger partial charge in [0, 0.05) is 18.3 Å². The van der Waals surface area contributed by atoms with Gasteiger partial charge < -0.3 is 4.74 Å². The van der Waals surface area contributed by atoms with Crippen molar-refractivity contribution in [3.05, 3.63) is 23.9 Å². The van der Waals surface area contributed by atoms with Crippen molar-refractivity contribution >= 4 is 11.9 Å². The molecule has 0 N–H and O–H groups in total. The zero-order chi connectivity index (χ0) is 12.6. The topological polar surface area (TPSA) is 42.4 Å². The van der Waals surface area contributed by atoms with Crippen molar-refractivity contribution in [2.45, 2.75) is 44.6 Å². The molecule has 0 atom stereocenters. The molecular weight excluding hydrogens is 228 g/mol. The van der Waals surface area contributed by atoms with Gasteiger partial charge in [-0.15, -0.1) is 0 Å². The van der Waals surface area contributed by atoms with Crippen LogP contribution >= 0.6 is 0 Å². The van der Waals surface area contributed by atoms with Crippen molar-refractivity contribution in [3.8, 4) is 0 Å². The van der Waals surface area contributed by atoms with Gasteiger partial charge in [-0.2, -0.15) is 0 Å². The third kappa shape index (κ3) is 1.59. The summed E-state index contributed by atoms with van der Waals surface area (Å²) in [5.41, 5.74) is 0.695. The highest BCUT2D eigenvalue weighted by Gasteiger charge is 2.47. The second-order valence-electron chi connectivity index (χ2n) is 5.10. The van der Waals surface area contributed by atoms with E-state index in [2.05, 4.69) is 18.0 Å². The zero-order valence-corrected chi connectivity index (χ0v) is 10.7. The summed E-state index contributed by atoms with van der Waals surface area (Å²) in [6.45, 7) is 2.72. The van der Waals surface area contributed by atoms with Crippen LogP contribution in [-0.4, -0.2) is 17.6 Å². The van der Waals surface area contributed by atoms with E-state index in [0.29, 0.717) is 6.54 Å². The predicted molar refractivity (Wildman–Crippen MR) is 68.5 cm³/mol. The summed E-state index contributed by atoms with van der Waals surface area (Å²) in [7, 11) is 0. The van der Waals surface area contributed by atoms with E-state index >= 15 is 0 Å². The zero-order valence-electron chi connectivity index (χ0n) is 10.7. The van der Waals surface area contributed by atoms with E-state index in [9.17, 15) is 4.79 Å². The Kier molecular flexibility index (Phi) is 2.73. The molecule has 4 heteroatoms. The van der Waals surface area contributed by atoms with Crippen LogP contribution < -0.4 is 4.90 Å². The van der Waals surface area contributed by atoms with Crippen LogP contribution in [0.3, 0.4) is 0 Å². The monoisotopic (exact) mass is 246 g/mol. The number of fused-ring (bicyclic) bond motifs is 2. The van der Waals surface area contributed by atoms with Gasteiger partial charge in [0.15, 0.2) is 0 Å². The molecule has 1 saturated carbocycles. The Bertz CT molecular complexity index is 467. The molecule has 18 heavy (non-hydrogen) atoms. The second kappa shape index (κ2) is 4.26. The van der Waals surface area contributed by atoms with Crippen LogP contribution in [0.1, 0.15) is 44.6 Å². The molecule has 1 aliphatic heterocycles. The van der Waals surface area contributed by atoms with Crippen molar-refractivity contribution in [2.24, 2.45) is 0 Å². The molecule has 1 aromatic rings. The molecule has 0 saturated heterocycles. The molecule has 1 aromatic heterocycles. The lowest BCUT2D eigenvalue weighted by molar-refractivity contribution is 0.0102. The number of pyridine rings is 1. The first-order chi connectivity index (χ1) is 8.77. The van der Waals surface area contributed by atoms with E-state index in [1.54, 1.807) is 11.1 Å². The number of carbonyl (C=O) groups excluding carboxylic acids is 1. The molecule has 0 unspecified atom stereocenters. The van der Waals surface area contributed by atoms with E-state index < -0.39 is 5.60 Å². The number of nitrogens with zero attached hydrogens (tertiary/aromatic N) is 2. The molecule has 2 heterocycles. The van der Waals surface area contributed by atoms with Crippen LogP contribution in [0, 0.1) is 0 Å².